The van der Waals surface area contributed by atoms with Gasteiger partial charge in [-0.1, -0.05) is 12.1 Å². The SMILES string of the molecule is c1cnc(NCCCNc2cnc3ccccc3n2)nc1. The van der Waals surface area contributed by atoms with Crippen molar-refractivity contribution in [3.63, 3.8) is 0 Å². The third-order valence-corrected chi connectivity index (χ3v) is 2.96. The largest absolute Gasteiger partial charge is 0.369 e. The van der Waals surface area contributed by atoms with Crippen LogP contribution in [0, 0.1) is 0 Å². The topological polar surface area (TPSA) is 75.6 Å². The van der Waals surface area contributed by atoms with Crippen molar-refractivity contribution in [2.45, 2.75) is 6.42 Å². The second-order valence-electron chi connectivity index (χ2n) is 4.52. The van der Waals surface area contributed by atoms with Crippen LogP contribution in [0.5, 0.6) is 0 Å². The molecule has 1 aromatic carbocycles. The fraction of sp³-hybridized carbons (Fsp3) is 0.200. The van der Waals surface area contributed by atoms with Gasteiger partial charge in [-0.25, -0.2) is 15.0 Å². The van der Waals surface area contributed by atoms with Gasteiger partial charge in [0.2, 0.25) is 5.95 Å². The van der Waals surface area contributed by atoms with Crippen molar-refractivity contribution in [3.05, 3.63) is 48.9 Å². The van der Waals surface area contributed by atoms with Crippen LogP contribution in [-0.4, -0.2) is 33.0 Å². The van der Waals surface area contributed by atoms with Gasteiger partial charge in [0.1, 0.15) is 5.82 Å². The van der Waals surface area contributed by atoms with Crippen LogP contribution in [0.3, 0.4) is 0 Å². The smallest absolute Gasteiger partial charge is 0.222 e. The predicted molar refractivity (Wildman–Crippen MR) is 83.2 cm³/mol. The zero-order valence-electron chi connectivity index (χ0n) is 11.5. The molecule has 2 heterocycles. The van der Waals surface area contributed by atoms with E-state index in [4.69, 9.17) is 0 Å². The van der Waals surface area contributed by atoms with E-state index in [0.717, 1.165) is 36.4 Å². The molecule has 0 bridgehead atoms. The number of aromatic nitrogens is 4. The summed E-state index contributed by atoms with van der Waals surface area (Å²) in [4.78, 5) is 17.1. The zero-order chi connectivity index (χ0) is 14.3. The molecule has 21 heavy (non-hydrogen) atoms. The Morgan fingerprint density at radius 2 is 1.57 bits per heavy atom. The fourth-order valence-corrected chi connectivity index (χ4v) is 1.94. The molecule has 0 atom stereocenters. The van der Waals surface area contributed by atoms with Crippen molar-refractivity contribution in [2.24, 2.45) is 0 Å². The molecule has 0 aliphatic rings. The fourth-order valence-electron chi connectivity index (χ4n) is 1.94. The van der Waals surface area contributed by atoms with Crippen molar-refractivity contribution in [1.29, 1.82) is 0 Å². The van der Waals surface area contributed by atoms with Crippen molar-refractivity contribution in [2.75, 3.05) is 23.7 Å². The van der Waals surface area contributed by atoms with Crippen LogP contribution >= 0.6 is 0 Å². The Bertz CT molecular complexity index is 701. The molecule has 0 amide bonds. The summed E-state index contributed by atoms with van der Waals surface area (Å²) in [5.41, 5.74) is 1.81. The zero-order valence-corrected chi connectivity index (χ0v) is 11.5. The van der Waals surface area contributed by atoms with Crippen LogP contribution < -0.4 is 10.6 Å². The van der Waals surface area contributed by atoms with Crippen LogP contribution in [0.15, 0.2) is 48.9 Å². The summed E-state index contributed by atoms with van der Waals surface area (Å²) in [7, 11) is 0. The molecule has 106 valence electrons. The Morgan fingerprint density at radius 3 is 2.43 bits per heavy atom. The van der Waals surface area contributed by atoms with Gasteiger partial charge in [-0.3, -0.25) is 4.98 Å². The van der Waals surface area contributed by atoms with Gasteiger partial charge in [-0.05, 0) is 24.6 Å². The maximum atomic E-state index is 4.51. The Kier molecular flexibility index (Phi) is 4.16. The van der Waals surface area contributed by atoms with Gasteiger partial charge in [-0.15, -0.1) is 0 Å². The Hall–Kier alpha value is -2.76. The molecule has 3 rings (SSSR count). The number of hydrogen-bond acceptors (Lipinski definition) is 6. The molecule has 3 aromatic rings. The van der Waals surface area contributed by atoms with Gasteiger partial charge in [-0.2, -0.15) is 0 Å². The molecule has 0 radical (unpaired) electrons. The van der Waals surface area contributed by atoms with Crippen LogP contribution in [0.25, 0.3) is 11.0 Å². The van der Waals surface area contributed by atoms with Crippen molar-refractivity contribution in [3.8, 4) is 0 Å². The average Bonchev–Trinajstić information content (AvgIpc) is 2.55. The summed E-state index contributed by atoms with van der Waals surface area (Å²) in [5.74, 6) is 1.45. The van der Waals surface area contributed by atoms with Gasteiger partial charge in [0.25, 0.3) is 0 Å². The summed E-state index contributed by atoms with van der Waals surface area (Å²) in [6.45, 7) is 1.62. The van der Waals surface area contributed by atoms with Crippen LogP contribution in [0.4, 0.5) is 11.8 Å². The molecule has 0 saturated carbocycles. The van der Waals surface area contributed by atoms with E-state index in [2.05, 4.69) is 30.6 Å². The normalized spacial score (nSPS) is 10.5. The van der Waals surface area contributed by atoms with Gasteiger partial charge in [0.15, 0.2) is 0 Å². The quantitative estimate of drug-likeness (QED) is 0.675. The highest BCUT2D eigenvalue weighted by Crippen LogP contribution is 2.11. The van der Waals surface area contributed by atoms with Gasteiger partial charge in [0, 0.05) is 25.5 Å². The first-order valence-corrected chi connectivity index (χ1v) is 6.88. The number of para-hydroxylation sites is 2. The van der Waals surface area contributed by atoms with Crippen molar-refractivity contribution in [1.82, 2.24) is 19.9 Å². The van der Waals surface area contributed by atoms with Crippen LogP contribution in [0.2, 0.25) is 0 Å². The molecule has 2 N–H and O–H groups in total. The third-order valence-electron chi connectivity index (χ3n) is 2.96. The van der Waals surface area contributed by atoms with E-state index in [1.54, 1.807) is 24.7 Å². The minimum atomic E-state index is 0.656. The van der Waals surface area contributed by atoms with E-state index in [-0.39, 0.29) is 0 Å². The number of benzene rings is 1. The number of nitrogens with zero attached hydrogens (tertiary/aromatic N) is 4. The molecule has 6 heteroatoms. The number of nitrogens with one attached hydrogen (secondary N) is 2. The predicted octanol–water partition coefficient (Wildman–Crippen LogP) is 2.33. The molecular weight excluding hydrogens is 264 g/mol. The average molecular weight is 280 g/mol. The first kappa shape index (κ1) is 13.2. The minimum absolute atomic E-state index is 0.656. The lowest BCUT2D eigenvalue weighted by Gasteiger charge is -2.07. The minimum Gasteiger partial charge on any atom is -0.369 e. The number of hydrogen-bond donors (Lipinski definition) is 2. The third kappa shape index (κ3) is 3.62. The molecule has 6 nitrogen and oxygen atoms in total. The lowest BCUT2D eigenvalue weighted by molar-refractivity contribution is 0.890. The monoisotopic (exact) mass is 280 g/mol. The second-order valence-corrected chi connectivity index (χ2v) is 4.52. The maximum Gasteiger partial charge on any atom is 0.222 e. The van der Waals surface area contributed by atoms with Crippen LogP contribution in [0.1, 0.15) is 6.42 Å². The molecule has 0 spiro atoms. The number of fused-ring (bicyclic) bond motifs is 1. The molecule has 0 fully saturated rings. The standard InChI is InChI=1S/C15H16N6/c1-2-6-13-12(5-1)20-11-14(21-13)16-7-3-8-17-15-18-9-4-10-19-15/h1-2,4-6,9-11H,3,7-8H2,(H,16,21)(H,17,18,19). The first-order chi connectivity index (χ1) is 10.4. The van der Waals surface area contributed by atoms with Crippen molar-refractivity contribution < 1.29 is 0 Å². The van der Waals surface area contributed by atoms with Gasteiger partial charge in [0.05, 0.1) is 17.2 Å². The summed E-state index contributed by atoms with van der Waals surface area (Å²) >= 11 is 0. The van der Waals surface area contributed by atoms with E-state index < -0.39 is 0 Å². The number of anilines is 2. The molecular formula is C15H16N6. The van der Waals surface area contributed by atoms with Crippen molar-refractivity contribution >= 4 is 22.8 Å². The van der Waals surface area contributed by atoms with E-state index in [0.29, 0.717) is 5.95 Å². The molecule has 0 unspecified atom stereocenters. The summed E-state index contributed by atoms with van der Waals surface area (Å²) in [6.07, 6.45) is 6.14. The van der Waals surface area contributed by atoms with E-state index >= 15 is 0 Å². The summed E-state index contributed by atoms with van der Waals surface area (Å²) < 4.78 is 0. The summed E-state index contributed by atoms with van der Waals surface area (Å²) in [6, 6.07) is 9.63. The second kappa shape index (κ2) is 6.60. The van der Waals surface area contributed by atoms with E-state index in [1.807, 2.05) is 24.3 Å². The molecule has 0 saturated heterocycles. The molecule has 0 aliphatic carbocycles. The van der Waals surface area contributed by atoms with Crippen LogP contribution in [-0.2, 0) is 0 Å². The van der Waals surface area contributed by atoms with Gasteiger partial charge < -0.3 is 10.6 Å². The lowest BCUT2D eigenvalue weighted by atomic mass is 10.3. The Morgan fingerprint density at radius 1 is 0.810 bits per heavy atom. The Balaban J connectivity index is 1.46. The highest BCUT2D eigenvalue weighted by molar-refractivity contribution is 5.75. The molecule has 0 aliphatic heterocycles. The highest BCUT2D eigenvalue weighted by atomic mass is 15.1. The maximum absolute atomic E-state index is 4.51. The number of rotatable bonds is 6. The first-order valence-electron chi connectivity index (χ1n) is 6.88. The van der Waals surface area contributed by atoms with E-state index in [9.17, 15) is 0 Å². The lowest BCUT2D eigenvalue weighted by Crippen LogP contribution is -2.11. The van der Waals surface area contributed by atoms with Gasteiger partial charge >= 0.3 is 0 Å². The Labute approximate surface area is 122 Å². The summed E-state index contributed by atoms with van der Waals surface area (Å²) in [5, 5.41) is 6.43. The highest BCUT2D eigenvalue weighted by Gasteiger charge is 1.98. The molecule has 2 aromatic heterocycles. The van der Waals surface area contributed by atoms with E-state index in [1.165, 1.54) is 0 Å².